The van der Waals surface area contributed by atoms with Crippen molar-refractivity contribution in [3.63, 3.8) is 0 Å². The topological polar surface area (TPSA) is 35.5 Å². The van der Waals surface area contributed by atoms with Gasteiger partial charge in [-0.05, 0) is 30.2 Å². The molecule has 21 heavy (non-hydrogen) atoms. The first-order chi connectivity index (χ1) is 9.45. The van der Waals surface area contributed by atoms with Crippen LogP contribution < -0.4 is 5.32 Å². The molecule has 2 N–H and O–H groups in total. The van der Waals surface area contributed by atoms with Crippen LogP contribution in [0.3, 0.4) is 0 Å². The average Bonchev–Trinajstić information content (AvgIpc) is 2.43. The van der Waals surface area contributed by atoms with Crippen LogP contribution in [0.5, 0.6) is 0 Å². The Labute approximate surface area is 132 Å². The standard InChI is InChI=1S/C16H25FN2O.ClH/c1-12-10-13(17)4-5-14(12)15(16(2,3)11-20)19-8-6-18-7-9-19;/h4-5,10,15,18,20H,6-9,11H2,1-3H3;1H/t15-;/m1./s1. The second kappa shape index (κ2) is 7.54. The SMILES string of the molecule is Cc1cc(F)ccc1[C@@H](N1CCNCC1)C(C)(C)CO.Cl. The number of aryl methyl sites for hydroxylation is 1. The van der Waals surface area contributed by atoms with E-state index in [1.165, 1.54) is 6.07 Å². The molecule has 1 atom stereocenters. The van der Waals surface area contributed by atoms with E-state index in [9.17, 15) is 9.50 Å². The number of benzene rings is 1. The predicted molar refractivity (Wildman–Crippen MR) is 86.4 cm³/mol. The van der Waals surface area contributed by atoms with Crippen LogP contribution in [0.15, 0.2) is 18.2 Å². The number of hydrogen-bond acceptors (Lipinski definition) is 3. The smallest absolute Gasteiger partial charge is 0.123 e. The fourth-order valence-electron chi connectivity index (χ4n) is 3.08. The molecule has 5 heteroatoms. The number of nitrogens with one attached hydrogen (secondary N) is 1. The largest absolute Gasteiger partial charge is 0.396 e. The van der Waals surface area contributed by atoms with Crippen molar-refractivity contribution in [3.05, 3.63) is 35.1 Å². The molecule has 1 aliphatic heterocycles. The van der Waals surface area contributed by atoms with Crippen LogP contribution in [0, 0.1) is 18.2 Å². The van der Waals surface area contributed by atoms with Gasteiger partial charge in [-0.25, -0.2) is 4.39 Å². The number of aliphatic hydroxyl groups excluding tert-OH is 1. The van der Waals surface area contributed by atoms with Crippen molar-refractivity contribution in [3.8, 4) is 0 Å². The second-order valence-electron chi connectivity index (χ2n) is 6.34. The fraction of sp³-hybridized carbons (Fsp3) is 0.625. The summed E-state index contributed by atoms with van der Waals surface area (Å²) >= 11 is 0. The van der Waals surface area contributed by atoms with Crippen LogP contribution in [0.25, 0.3) is 0 Å². The molecule has 0 spiro atoms. The molecule has 0 aliphatic carbocycles. The highest BCUT2D eigenvalue weighted by Crippen LogP contribution is 2.39. The molecular formula is C16H26ClFN2O. The van der Waals surface area contributed by atoms with E-state index in [0.29, 0.717) is 0 Å². The van der Waals surface area contributed by atoms with E-state index < -0.39 is 0 Å². The molecule has 1 fully saturated rings. The van der Waals surface area contributed by atoms with Crippen LogP contribution in [0.2, 0.25) is 0 Å². The Kier molecular flexibility index (Phi) is 6.60. The summed E-state index contributed by atoms with van der Waals surface area (Å²) in [6, 6.07) is 5.08. The number of aliphatic hydroxyl groups is 1. The van der Waals surface area contributed by atoms with Crippen molar-refractivity contribution in [1.29, 1.82) is 0 Å². The highest BCUT2D eigenvalue weighted by Gasteiger charge is 2.36. The number of piperazine rings is 1. The number of nitrogens with zero attached hydrogens (tertiary/aromatic N) is 1. The summed E-state index contributed by atoms with van der Waals surface area (Å²) in [5.41, 5.74) is 1.81. The molecule has 2 rings (SSSR count). The minimum Gasteiger partial charge on any atom is -0.396 e. The maximum absolute atomic E-state index is 13.4. The lowest BCUT2D eigenvalue weighted by molar-refractivity contribution is 0.0301. The lowest BCUT2D eigenvalue weighted by atomic mass is 9.78. The third kappa shape index (κ3) is 4.16. The van der Waals surface area contributed by atoms with Gasteiger partial charge in [0, 0.05) is 44.2 Å². The van der Waals surface area contributed by atoms with Crippen molar-refractivity contribution >= 4 is 12.4 Å². The molecule has 0 radical (unpaired) electrons. The fourth-order valence-corrected chi connectivity index (χ4v) is 3.08. The van der Waals surface area contributed by atoms with Gasteiger partial charge in [0.05, 0.1) is 0 Å². The third-order valence-electron chi connectivity index (χ3n) is 4.19. The van der Waals surface area contributed by atoms with E-state index >= 15 is 0 Å². The number of hydrogen-bond donors (Lipinski definition) is 2. The summed E-state index contributed by atoms with van der Waals surface area (Å²) in [5, 5.41) is 13.1. The van der Waals surface area contributed by atoms with Crippen LogP contribution in [-0.2, 0) is 0 Å². The van der Waals surface area contributed by atoms with Gasteiger partial charge in [0.2, 0.25) is 0 Å². The highest BCUT2D eigenvalue weighted by molar-refractivity contribution is 5.85. The van der Waals surface area contributed by atoms with Gasteiger partial charge in [-0.2, -0.15) is 0 Å². The predicted octanol–water partition coefficient (Wildman–Crippen LogP) is 2.52. The zero-order valence-electron chi connectivity index (χ0n) is 13.0. The molecule has 0 unspecified atom stereocenters. The highest BCUT2D eigenvalue weighted by atomic mass is 35.5. The normalized spacial score (nSPS) is 18.1. The van der Waals surface area contributed by atoms with E-state index in [0.717, 1.165) is 37.3 Å². The summed E-state index contributed by atoms with van der Waals surface area (Å²) in [6.45, 7) is 10.0. The minimum absolute atomic E-state index is 0. The Hall–Kier alpha value is -0.680. The lowest BCUT2D eigenvalue weighted by Crippen LogP contribution is -2.49. The van der Waals surface area contributed by atoms with Crippen LogP contribution in [0.4, 0.5) is 4.39 Å². The van der Waals surface area contributed by atoms with Gasteiger partial charge in [0.1, 0.15) is 5.82 Å². The van der Waals surface area contributed by atoms with Gasteiger partial charge >= 0.3 is 0 Å². The molecular weight excluding hydrogens is 291 g/mol. The molecule has 0 saturated carbocycles. The summed E-state index contributed by atoms with van der Waals surface area (Å²) in [6.07, 6.45) is 0. The quantitative estimate of drug-likeness (QED) is 0.896. The summed E-state index contributed by atoms with van der Waals surface area (Å²) in [7, 11) is 0. The average molecular weight is 317 g/mol. The van der Waals surface area contributed by atoms with E-state index in [2.05, 4.69) is 24.1 Å². The van der Waals surface area contributed by atoms with E-state index in [1.54, 1.807) is 6.07 Å². The van der Waals surface area contributed by atoms with Crippen molar-refractivity contribution in [2.24, 2.45) is 5.41 Å². The number of halogens is 2. The molecule has 1 aromatic rings. The monoisotopic (exact) mass is 316 g/mol. The van der Waals surface area contributed by atoms with Gasteiger partial charge in [0.25, 0.3) is 0 Å². The van der Waals surface area contributed by atoms with Crippen LogP contribution in [-0.4, -0.2) is 42.8 Å². The number of rotatable bonds is 4. The first kappa shape index (κ1) is 18.4. The second-order valence-corrected chi connectivity index (χ2v) is 6.34. The first-order valence-corrected chi connectivity index (χ1v) is 7.27. The van der Waals surface area contributed by atoms with Gasteiger partial charge in [-0.1, -0.05) is 19.9 Å². The molecule has 0 amide bonds. The molecule has 1 aromatic carbocycles. The van der Waals surface area contributed by atoms with E-state index in [4.69, 9.17) is 0 Å². The zero-order valence-corrected chi connectivity index (χ0v) is 13.8. The molecule has 1 aliphatic rings. The van der Waals surface area contributed by atoms with Crippen molar-refractivity contribution in [2.45, 2.75) is 26.8 Å². The molecule has 3 nitrogen and oxygen atoms in total. The Bertz CT molecular complexity index is 462. The lowest BCUT2D eigenvalue weighted by Gasteiger charge is -2.44. The summed E-state index contributed by atoms with van der Waals surface area (Å²) in [4.78, 5) is 2.40. The van der Waals surface area contributed by atoms with Crippen molar-refractivity contribution < 1.29 is 9.50 Å². The minimum atomic E-state index is -0.264. The molecule has 120 valence electrons. The van der Waals surface area contributed by atoms with Crippen LogP contribution in [0.1, 0.15) is 31.0 Å². The Balaban J connectivity index is 0.00000220. The first-order valence-electron chi connectivity index (χ1n) is 7.27. The summed E-state index contributed by atoms with van der Waals surface area (Å²) < 4.78 is 13.4. The van der Waals surface area contributed by atoms with Gasteiger partial charge in [-0.15, -0.1) is 12.4 Å². The van der Waals surface area contributed by atoms with E-state index in [-0.39, 0.29) is 36.3 Å². The van der Waals surface area contributed by atoms with E-state index in [1.807, 2.05) is 13.0 Å². The van der Waals surface area contributed by atoms with Gasteiger partial charge < -0.3 is 10.4 Å². The Morgan fingerprint density at radius 1 is 1.33 bits per heavy atom. The molecule has 0 aromatic heterocycles. The van der Waals surface area contributed by atoms with Crippen molar-refractivity contribution in [2.75, 3.05) is 32.8 Å². The van der Waals surface area contributed by atoms with Crippen LogP contribution >= 0.6 is 12.4 Å². The molecule has 1 heterocycles. The zero-order chi connectivity index (χ0) is 14.8. The van der Waals surface area contributed by atoms with Gasteiger partial charge in [0.15, 0.2) is 0 Å². The maximum atomic E-state index is 13.4. The maximum Gasteiger partial charge on any atom is 0.123 e. The molecule has 0 bridgehead atoms. The summed E-state index contributed by atoms with van der Waals surface area (Å²) in [5.74, 6) is -0.202. The Morgan fingerprint density at radius 2 is 1.95 bits per heavy atom. The third-order valence-corrected chi connectivity index (χ3v) is 4.19. The van der Waals surface area contributed by atoms with Crippen molar-refractivity contribution in [1.82, 2.24) is 10.2 Å². The Morgan fingerprint density at radius 3 is 2.48 bits per heavy atom. The van der Waals surface area contributed by atoms with Gasteiger partial charge in [-0.3, -0.25) is 4.90 Å². The molecule has 1 saturated heterocycles.